The number of rotatable bonds is 7. The van der Waals surface area contributed by atoms with Crippen LogP contribution >= 0.6 is 11.3 Å². The maximum absolute atomic E-state index is 14.2. The Kier molecular flexibility index (Phi) is 7.24. The average molecular weight is 596 g/mol. The van der Waals surface area contributed by atoms with Crippen LogP contribution in [-0.2, 0) is 14.3 Å². The van der Waals surface area contributed by atoms with Crippen LogP contribution in [0.15, 0.2) is 105 Å². The average Bonchev–Trinajstić information content (AvgIpc) is 3.72. The molecule has 4 aromatic rings. The molecule has 1 atom stereocenters. The predicted octanol–water partition coefficient (Wildman–Crippen LogP) is 3.51. The zero-order chi connectivity index (χ0) is 30.2. The van der Waals surface area contributed by atoms with Crippen molar-refractivity contribution in [3.8, 4) is 5.75 Å². The minimum atomic E-state index is -0.924. The number of para-hydroxylation sites is 1. The number of hydrogen-bond acceptors (Lipinski definition) is 9. The van der Waals surface area contributed by atoms with Crippen LogP contribution in [0, 0.1) is 0 Å². The van der Waals surface area contributed by atoms with Gasteiger partial charge in [-0.2, -0.15) is 0 Å². The van der Waals surface area contributed by atoms with E-state index in [1.54, 1.807) is 42.2 Å². The number of benzene rings is 2. The number of amides is 1. The second-order valence-corrected chi connectivity index (χ2v) is 10.6. The highest BCUT2D eigenvalue weighted by Crippen LogP contribution is 2.35. The van der Waals surface area contributed by atoms with Crippen LogP contribution in [0.25, 0.3) is 5.57 Å². The van der Waals surface area contributed by atoms with Gasteiger partial charge in [0, 0.05) is 12.1 Å². The third-order valence-corrected chi connectivity index (χ3v) is 8.20. The smallest absolute Gasteiger partial charge is 0.379 e. The van der Waals surface area contributed by atoms with Gasteiger partial charge in [0.25, 0.3) is 11.5 Å². The molecular weight excluding hydrogens is 570 g/mol. The van der Waals surface area contributed by atoms with Crippen LogP contribution in [0.2, 0.25) is 0 Å². The molecule has 216 valence electrons. The highest BCUT2D eigenvalue weighted by Gasteiger charge is 2.37. The summed E-state index contributed by atoms with van der Waals surface area (Å²) in [6, 6.07) is 15.9. The Morgan fingerprint density at radius 1 is 1.07 bits per heavy atom. The van der Waals surface area contributed by atoms with Crippen molar-refractivity contribution in [3.05, 3.63) is 127 Å². The molecule has 2 aromatic heterocycles. The number of likely N-dealkylation sites (N-methyl/N-ethyl adjacent to an activating group) is 1. The molecule has 2 aliphatic heterocycles. The highest BCUT2D eigenvalue weighted by molar-refractivity contribution is 7.07. The first-order chi connectivity index (χ1) is 20.8. The Hall–Kier alpha value is -5.29. The second-order valence-electron chi connectivity index (χ2n) is 9.67. The minimum Gasteiger partial charge on any atom is -0.458 e. The number of ether oxygens (including phenoxy) is 2. The lowest BCUT2D eigenvalue weighted by molar-refractivity contribution is -0.138. The summed E-state index contributed by atoms with van der Waals surface area (Å²) in [6.45, 7) is 7.56. The van der Waals surface area contributed by atoms with Crippen LogP contribution in [0.5, 0.6) is 5.75 Å². The van der Waals surface area contributed by atoms with Gasteiger partial charge in [0.05, 0.1) is 34.8 Å². The Labute approximate surface area is 249 Å². The molecule has 10 nitrogen and oxygen atoms in total. The fourth-order valence-corrected chi connectivity index (χ4v) is 6.38. The summed E-state index contributed by atoms with van der Waals surface area (Å²) in [5, 5.41) is 0. The van der Waals surface area contributed by atoms with E-state index in [1.165, 1.54) is 23.0 Å². The molecule has 2 aliphatic rings. The van der Waals surface area contributed by atoms with Crippen LogP contribution < -0.4 is 24.5 Å². The van der Waals surface area contributed by atoms with Gasteiger partial charge in [-0.1, -0.05) is 54.3 Å². The number of carbonyl (C=O) groups excluding carboxylic acids is 3. The summed E-state index contributed by atoms with van der Waals surface area (Å²) in [6.07, 6.45) is 2.82. The molecule has 0 fully saturated rings. The number of anilines is 1. The molecule has 0 spiro atoms. The molecule has 6 rings (SSSR count). The summed E-state index contributed by atoms with van der Waals surface area (Å²) in [5.74, 6) is -1.30. The van der Waals surface area contributed by atoms with E-state index in [-0.39, 0.29) is 34.1 Å². The number of furan rings is 1. The van der Waals surface area contributed by atoms with Gasteiger partial charge in [0.1, 0.15) is 16.9 Å². The first-order valence-corrected chi connectivity index (χ1v) is 14.3. The van der Waals surface area contributed by atoms with E-state index in [2.05, 4.69) is 11.6 Å². The number of nitrogens with zero attached hydrogens (tertiary/aromatic N) is 3. The van der Waals surface area contributed by atoms with Crippen molar-refractivity contribution < 1.29 is 28.3 Å². The Balaban J connectivity index is 1.50. The molecule has 4 heterocycles. The van der Waals surface area contributed by atoms with E-state index >= 15 is 0 Å². The maximum Gasteiger partial charge on any atom is 0.379 e. The molecule has 0 bridgehead atoms. The van der Waals surface area contributed by atoms with Crippen molar-refractivity contribution in [1.82, 2.24) is 4.57 Å². The third-order valence-electron chi connectivity index (χ3n) is 7.14. The summed E-state index contributed by atoms with van der Waals surface area (Å²) in [5.41, 5.74) is 2.33. The molecule has 43 heavy (non-hydrogen) atoms. The Morgan fingerprint density at radius 2 is 1.84 bits per heavy atom. The third kappa shape index (κ3) is 4.73. The van der Waals surface area contributed by atoms with E-state index in [1.807, 2.05) is 31.2 Å². The van der Waals surface area contributed by atoms with Crippen LogP contribution in [-0.4, -0.2) is 35.6 Å². The Morgan fingerprint density at radius 3 is 2.53 bits per heavy atom. The van der Waals surface area contributed by atoms with Gasteiger partial charge in [-0.15, -0.1) is 0 Å². The lowest BCUT2D eigenvalue weighted by Crippen LogP contribution is -2.41. The largest absolute Gasteiger partial charge is 0.458 e. The molecule has 0 aliphatic carbocycles. The monoisotopic (exact) mass is 595 g/mol. The molecule has 0 radical (unpaired) electrons. The second kappa shape index (κ2) is 11.2. The van der Waals surface area contributed by atoms with Gasteiger partial charge < -0.3 is 18.8 Å². The number of carbonyl (C=O) groups is 3. The van der Waals surface area contributed by atoms with Crippen molar-refractivity contribution in [1.29, 1.82) is 0 Å². The fourth-order valence-electron chi connectivity index (χ4n) is 5.24. The number of allylic oxidation sites excluding steroid dienone is 1. The molecule has 0 saturated heterocycles. The van der Waals surface area contributed by atoms with Gasteiger partial charge in [0.2, 0.25) is 5.76 Å². The van der Waals surface area contributed by atoms with Crippen molar-refractivity contribution in [3.63, 3.8) is 0 Å². The van der Waals surface area contributed by atoms with Crippen LogP contribution in [0.1, 0.15) is 41.6 Å². The van der Waals surface area contributed by atoms with Crippen molar-refractivity contribution in [2.24, 2.45) is 4.99 Å². The normalized spacial score (nSPS) is 16.8. The molecular formula is C32H25N3O7S. The number of esters is 2. The fraction of sp³-hybridized carbons (Fsp3) is 0.156. The standard InChI is InChI=1S/C32H25N3O7S/c1-4-16-41-31(39)24-18(3)33-32-35(26(24)19-12-14-20(15-13-19)42-30(38)23-11-8-17-40-23)29(37)27(43-32)25-21-9-6-7-10-22(21)34(5-2)28(25)36/h4,6-15,17,26H,1,5,16H2,2-3H3/b27-25+. The van der Waals surface area contributed by atoms with Crippen molar-refractivity contribution >= 4 is 40.4 Å². The van der Waals surface area contributed by atoms with E-state index < -0.39 is 23.5 Å². The number of fused-ring (bicyclic) bond motifs is 2. The van der Waals surface area contributed by atoms with E-state index in [0.29, 0.717) is 33.7 Å². The van der Waals surface area contributed by atoms with Crippen LogP contribution in [0.3, 0.4) is 0 Å². The summed E-state index contributed by atoms with van der Waals surface area (Å²) in [7, 11) is 0. The van der Waals surface area contributed by atoms with Crippen molar-refractivity contribution in [2.45, 2.75) is 19.9 Å². The predicted molar refractivity (Wildman–Crippen MR) is 158 cm³/mol. The number of aromatic nitrogens is 1. The molecule has 11 heteroatoms. The van der Waals surface area contributed by atoms with E-state index in [4.69, 9.17) is 13.9 Å². The zero-order valence-electron chi connectivity index (χ0n) is 23.2. The molecule has 1 amide bonds. The van der Waals surface area contributed by atoms with E-state index in [0.717, 1.165) is 17.0 Å². The summed E-state index contributed by atoms with van der Waals surface area (Å²) < 4.78 is 17.5. The van der Waals surface area contributed by atoms with Gasteiger partial charge in [-0.3, -0.25) is 14.2 Å². The van der Waals surface area contributed by atoms with Crippen LogP contribution in [0.4, 0.5) is 5.69 Å². The summed E-state index contributed by atoms with van der Waals surface area (Å²) >= 11 is 1.10. The first kappa shape index (κ1) is 27.9. The lowest BCUT2D eigenvalue weighted by Gasteiger charge is -2.24. The highest BCUT2D eigenvalue weighted by atomic mass is 32.1. The molecule has 1 unspecified atom stereocenters. The molecule has 0 saturated carbocycles. The topological polar surface area (TPSA) is 120 Å². The quantitative estimate of drug-likeness (QED) is 0.182. The Bertz CT molecular complexity index is 2000. The van der Waals surface area contributed by atoms with Gasteiger partial charge in [-0.05, 0) is 49.7 Å². The van der Waals surface area contributed by atoms with Gasteiger partial charge in [-0.25, -0.2) is 14.6 Å². The summed E-state index contributed by atoms with van der Waals surface area (Å²) in [4.78, 5) is 60.0. The van der Waals surface area contributed by atoms with Gasteiger partial charge in [0.15, 0.2) is 4.80 Å². The minimum absolute atomic E-state index is 0.0310. The molecule has 2 aromatic carbocycles. The molecule has 0 N–H and O–H groups in total. The van der Waals surface area contributed by atoms with Gasteiger partial charge >= 0.3 is 11.9 Å². The number of thiazole rings is 1. The first-order valence-electron chi connectivity index (χ1n) is 13.4. The lowest BCUT2D eigenvalue weighted by atomic mass is 9.96. The maximum atomic E-state index is 14.2. The van der Waals surface area contributed by atoms with E-state index in [9.17, 15) is 19.2 Å². The van der Waals surface area contributed by atoms with Crippen molar-refractivity contribution in [2.75, 3.05) is 18.1 Å². The SMILES string of the molecule is C=CCOC(=O)C1=C(C)N=c2s/c(=C3/C(=O)N(CC)c4ccccc43)c(=O)n2C1c1ccc(OC(=O)c2ccco2)cc1. The number of hydrogen-bond donors (Lipinski definition) is 0. The zero-order valence-corrected chi connectivity index (χ0v) is 24.1.